The van der Waals surface area contributed by atoms with Gasteiger partial charge in [-0.3, -0.25) is 4.79 Å². The summed E-state index contributed by atoms with van der Waals surface area (Å²) < 4.78 is 7.02. The Morgan fingerprint density at radius 1 is 1.10 bits per heavy atom. The van der Waals surface area contributed by atoms with Crippen LogP contribution in [0.1, 0.15) is 44.6 Å². The molecular weight excluding hydrogens is 366 g/mol. The van der Waals surface area contributed by atoms with Gasteiger partial charge in [0.1, 0.15) is 0 Å². The second-order valence-corrected chi connectivity index (χ2v) is 7.09. The van der Waals surface area contributed by atoms with Crippen LogP contribution >= 0.6 is 0 Å². The number of esters is 1. The van der Waals surface area contributed by atoms with E-state index in [2.05, 4.69) is 5.10 Å². The molecule has 0 N–H and O–H groups in total. The van der Waals surface area contributed by atoms with E-state index in [-0.39, 0.29) is 18.2 Å². The normalized spacial score (nSPS) is 13.1. The molecule has 0 atom stereocenters. The third-order valence-corrected chi connectivity index (χ3v) is 5.08. The Kier molecular flexibility index (Phi) is 5.16. The number of carbonyl (C=O) groups excluding carboxylic acids is 2. The van der Waals surface area contributed by atoms with Gasteiger partial charge in [0, 0.05) is 24.1 Å². The summed E-state index contributed by atoms with van der Waals surface area (Å²) in [4.78, 5) is 27.4. The van der Waals surface area contributed by atoms with Crippen molar-refractivity contribution in [2.24, 2.45) is 0 Å². The molecule has 29 heavy (non-hydrogen) atoms. The van der Waals surface area contributed by atoms with Gasteiger partial charge in [0.2, 0.25) is 0 Å². The van der Waals surface area contributed by atoms with Gasteiger partial charge in [0.15, 0.2) is 5.69 Å². The van der Waals surface area contributed by atoms with Crippen LogP contribution in [0, 0.1) is 6.92 Å². The van der Waals surface area contributed by atoms with Gasteiger partial charge in [0.05, 0.1) is 24.5 Å². The maximum absolute atomic E-state index is 13.0. The van der Waals surface area contributed by atoms with E-state index in [4.69, 9.17) is 4.74 Å². The number of carbonyl (C=O) groups is 2. The lowest BCUT2D eigenvalue weighted by atomic mass is 10.0. The molecule has 2 heterocycles. The standard InChI is InChI=1S/C23H23N3O3/c1-3-29-23(28)21-19-15-25(22(27)17-9-7-8-16(2)14-17)13-12-20(19)26(24-21)18-10-5-4-6-11-18/h4-11,14H,3,12-13,15H2,1-2H3. The SMILES string of the molecule is CCOC(=O)c1nn(-c2ccccc2)c2c1CN(C(=O)c1cccc(C)c1)CC2. The van der Waals surface area contributed by atoms with Gasteiger partial charge in [-0.25, -0.2) is 9.48 Å². The van der Waals surface area contributed by atoms with E-state index < -0.39 is 5.97 Å². The van der Waals surface area contributed by atoms with E-state index in [0.29, 0.717) is 25.1 Å². The molecule has 0 radical (unpaired) electrons. The molecule has 148 valence electrons. The Balaban J connectivity index is 1.72. The molecule has 6 nitrogen and oxygen atoms in total. The Hall–Kier alpha value is -3.41. The minimum absolute atomic E-state index is 0.0402. The highest BCUT2D eigenvalue weighted by Crippen LogP contribution is 2.27. The molecule has 0 spiro atoms. The number of para-hydroxylation sites is 1. The van der Waals surface area contributed by atoms with E-state index in [0.717, 1.165) is 22.5 Å². The fourth-order valence-corrected chi connectivity index (χ4v) is 3.70. The quantitative estimate of drug-likeness (QED) is 0.640. The highest BCUT2D eigenvalue weighted by Gasteiger charge is 2.31. The molecule has 0 fully saturated rings. The average Bonchev–Trinajstić information content (AvgIpc) is 3.13. The first-order chi connectivity index (χ1) is 14.1. The molecule has 0 saturated carbocycles. The van der Waals surface area contributed by atoms with Crippen molar-refractivity contribution in [2.75, 3.05) is 13.2 Å². The number of hydrogen-bond acceptors (Lipinski definition) is 4. The number of aromatic nitrogens is 2. The Morgan fingerprint density at radius 2 is 1.90 bits per heavy atom. The first-order valence-electron chi connectivity index (χ1n) is 9.77. The number of ether oxygens (including phenoxy) is 1. The van der Waals surface area contributed by atoms with Crippen LogP contribution in [-0.4, -0.2) is 39.7 Å². The van der Waals surface area contributed by atoms with Crippen LogP contribution < -0.4 is 0 Å². The largest absolute Gasteiger partial charge is 0.461 e. The lowest BCUT2D eigenvalue weighted by Gasteiger charge is -2.28. The van der Waals surface area contributed by atoms with Gasteiger partial charge in [-0.2, -0.15) is 5.10 Å². The van der Waals surface area contributed by atoms with E-state index >= 15 is 0 Å². The fourth-order valence-electron chi connectivity index (χ4n) is 3.70. The second kappa shape index (κ2) is 7.91. The van der Waals surface area contributed by atoms with Crippen LogP contribution in [0.5, 0.6) is 0 Å². The molecule has 3 aromatic rings. The summed E-state index contributed by atoms with van der Waals surface area (Å²) in [7, 11) is 0. The number of fused-ring (bicyclic) bond motifs is 1. The van der Waals surface area contributed by atoms with Crippen LogP contribution in [0.4, 0.5) is 0 Å². The molecule has 1 aromatic heterocycles. The molecular formula is C23H23N3O3. The third kappa shape index (κ3) is 3.66. The second-order valence-electron chi connectivity index (χ2n) is 7.09. The number of benzene rings is 2. The monoisotopic (exact) mass is 389 g/mol. The highest BCUT2D eigenvalue weighted by atomic mass is 16.5. The van der Waals surface area contributed by atoms with Crippen molar-refractivity contribution < 1.29 is 14.3 Å². The number of aryl methyl sites for hydroxylation is 1. The smallest absolute Gasteiger partial charge is 0.359 e. The summed E-state index contributed by atoms with van der Waals surface area (Å²) in [5.41, 5.74) is 4.58. The molecule has 1 aliphatic heterocycles. The average molecular weight is 389 g/mol. The lowest BCUT2D eigenvalue weighted by molar-refractivity contribution is 0.0513. The zero-order valence-electron chi connectivity index (χ0n) is 16.6. The summed E-state index contributed by atoms with van der Waals surface area (Å²) >= 11 is 0. The van der Waals surface area contributed by atoms with E-state index in [1.807, 2.05) is 61.5 Å². The summed E-state index contributed by atoms with van der Waals surface area (Å²) in [6.45, 7) is 4.92. The first kappa shape index (κ1) is 18.9. The predicted molar refractivity (Wildman–Crippen MR) is 109 cm³/mol. The van der Waals surface area contributed by atoms with Crippen molar-refractivity contribution in [1.82, 2.24) is 14.7 Å². The Morgan fingerprint density at radius 3 is 2.62 bits per heavy atom. The molecule has 1 aliphatic rings. The molecule has 0 saturated heterocycles. The fraction of sp³-hybridized carbons (Fsp3) is 0.261. The number of hydrogen-bond donors (Lipinski definition) is 0. The van der Waals surface area contributed by atoms with Crippen molar-refractivity contribution in [3.05, 3.63) is 82.7 Å². The molecule has 0 unspecified atom stereocenters. The minimum atomic E-state index is -0.455. The van der Waals surface area contributed by atoms with E-state index in [1.54, 1.807) is 16.5 Å². The number of rotatable bonds is 4. The van der Waals surface area contributed by atoms with Crippen molar-refractivity contribution in [2.45, 2.75) is 26.8 Å². The minimum Gasteiger partial charge on any atom is -0.461 e. The molecule has 6 heteroatoms. The summed E-state index contributed by atoms with van der Waals surface area (Å²) in [6, 6.07) is 17.3. The van der Waals surface area contributed by atoms with Crippen molar-refractivity contribution in [1.29, 1.82) is 0 Å². The van der Waals surface area contributed by atoms with Crippen molar-refractivity contribution in [3.8, 4) is 5.69 Å². The van der Waals surface area contributed by atoms with Crippen LogP contribution in [0.25, 0.3) is 5.69 Å². The van der Waals surface area contributed by atoms with Crippen molar-refractivity contribution in [3.63, 3.8) is 0 Å². The topological polar surface area (TPSA) is 64.4 Å². The first-order valence-corrected chi connectivity index (χ1v) is 9.77. The molecule has 1 amide bonds. The third-order valence-electron chi connectivity index (χ3n) is 5.08. The molecule has 0 bridgehead atoms. The molecule has 4 rings (SSSR count). The summed E-state index contributed by atoms with van der Waals surface area (Å²) in [6.07, 6.45) is 0.619. The summed E-state index contributed by atoms with van der Waals surface area (Å²) in [5, 5.41) is 4.57. The van der Waals surface area contributed by atoms with Crippen LogP contribution in [-0.2, 0) is 17.7 Å². The predicted octanol–water partition coefficient (Wildman–Crippen LogP) is 3.56. The molecule has 2 aromatic carbocycles. The lowest BCUT2D eigenvalue weighted by Crippen LogP contribution is -2.36. The Labute approximate surface area is 169 Å². The highest BCUT2D eigenvalue weighted by molar-refractivity contribution is 5.95. The van der Waals surface area contributed by atoms with Gasteiger partial charge in [-0.05, 0) is 38.1 Å². The van der Waals surface area contributed by atoms with Crippen LogP contribution in [0.15, 0.2) is 54.6 Å². The van der Waals surface area contributed by atoms with Gasteiger partial charge in [-0.1, -0.05) is 35.9 Å². The Bertz CT molecular complexity index is 1060. The van der Waals surface area contributed by atoms with Crippen LogP contribution in [0.3, 0.4) is 0 Å². The number of nitrogens with zero attached hydrogens (tertiary/aromatic N) is 3. The van der Waals surface area contributed by atoms with Gasteiger partial charge >= 0.3 is 5.97 Å². The maximum atomic E-state index is 13.0. The zero-order chi connectivity index (χ0) is 20.4. The van der Waals surface area contributed by atoms with Gasteiger partial charge in [-0.15, -0.1) is 0 Å². The van der Waals surface area contributed by atoms with E-state index in [9.17, 15) is 9.59 Å². The molecule has 0 aliphatic carbocycles. The maximum Gasteiger partial charge on any atom is 0.359 e. The zero-order valence-corrected chi connectivity index (χ0v) is 16.6. The van der Waals surface area contributed by atoms with Gasteiger partial charge < -0.3 is 9.64 Å². The number of amides is 1. The summed E-state index contributed by atoms with van der Waals surface area (Å²) in [5.74, 6) is -0.495. The van der Waals surface area contributed by atoms with Crippen LogP contribution in [0.2, 0.25) is 0 Å². The van der Waals surface area contributed by atoms with E-state index in [1.165, 1.54) is 0 Å². The van der Waals surface area contributed by atoms with Crippen molar-refractivity contribution >= 4 is 11.9 Å². The van der Waals surface area contributed by atoms with Gasteiger partial charge in [0.25, 0.3) is 5.91 Å².